The second-order valence-electron chi connectivity index (χ2n) is 5.44. The molecular formula is C19H20INO6S. The summed E-state index contributed by atoms with van der Waals surface area (Å²) in [6, 6.07) is 3.56. The zero-order valence-electron chi connectivity index (χ0n) is 15.5. The molecule has 7 nitrogen and oxygen atoms in total. The molecule has 0 radical (unpaired) electrons. The fourth-order valence-electron chi connectivity index (χ4n) is 2.34. The number of esters is 1. The highest BCUT2D eigenvalue weighted by atomic mass is 127. The molecule has 0 unspecified atom stereocenters. The molecule has 0 atom stereocenters. The molecule has 2 rings (SSSR count). The standard InChI is InChI=1S/C19H20INO6S/c1-4-7-27-17-13(20)8-12(9-14(17)25-5-2)10-15-18(23)21(19(24)28-15)11-16(22)26-6-3/h4,8-10H,1,5-7,11H2,2-3H3/b15-10+. The molecule has 0 aromatic heterocycles. The molecule has 2 amide bonds. The summed E-state index contributed by atoms with van der Waals surface area (Å²) >= 11 is 2.90. The summed E-state index contributed by atoms with van der Waals surface area (Å²) in [5.41, 5.74) is 0.681. The maximum atomic E-state index is 12.5. The lowest BCUT2D eigenvalue weighted by Crippen LogP contribution is -2.34. The number of hydrogen-bond donors (Lipinski definition) is 0. The van der Waals surface area contributed by atoms with Gasteiger partial charge in [0.05, 0.1) is 21.7 Å². The van der Waals surface area contributed by atoms with Crippen LogP contribution < -0.4 is 9.47 Å². The van der Waals surface area contributed by atoms with Gasteiger partial charge in [0.25, 0.3) is 11.1 Å². The van der Waals surface area contributed by atoms with Crippen LogP contribution in [-0.2, 0) is 14.3 Å². The van der Waals surface area contributed by atoms with E-state index < -0.39 is 23.7 Å². The highest BCUT2D eigenvalue weighted by molar-refractivity contribution is 14.1. The SMILES string of the molecule is C=CCOc1c(I)cc(/C=C2/SC(=O)N(CC(=O)OCC)C2=O)cc1OCC. The van der Waals surface area contributed by atoms with E-state index in [1.807, 2.05) is 13.0 Å². The Morgan fingerprint density at radius 1 is 1.25 bits per heavy atom. The zero-order chi connectivity index (χ0) is 20.7. The molecule has 1 aliphatic heterocycles. The molecule has 1 fully saturated rings. The van der Waals surface area contributed by atoms with Crippen molar-refractivity contribution < 1.29 is 28.6 Å². The van der Waals surface area contributed by atoms with E-state index in [0.717, 1.165) is 20.2 Å². The molecule has 1 saturated heterocycles. The van der Waals surface area contributed by atoms with Gasteiger partial charge in [0.1, 0.15) is 13.2 Å². The second-order valence-corrected chi connectivity index (χ2v) is 7.59. The first-order valence-corrected chi connectivity index (χ1v) is 10.4. The average molecular weight is 517 g/mol. The van der Waals surface area contributed by atoms with E-state index in [0.29, 0.717) is 30.3 Å². The molecule has 0 bridgehead atoms. The minimum atomic E-state index is -0.622. The monoisotopic (exact) mass is 517 g/mol. The van der Waals surface area contributed by atoms with Gasteiger partial charge in [-0.15, -0.1) is 0 Å². The summed E-state index contributed by atoms with van der Waals surface area (Å²) in [6.07, 6.45) is 3.23. The van der Waals surface area contributed by atoms with Gasteiger partial charge in [-0.25, -0.2) is 0 Å². The van der Waals surface area contributed by atoms with Gasteiger partial charge in [-0.05, 0) is 72.0 Å². The summed E-state index contributed by atoms with van der Waals surface area (Å²) in [5.74, 6) is -0.0193. The van der Waals surface area contributed by atoms with Crippen LogP contribution in [0.25, 0.3) is 6.08 Å². The molecule has 1 heterocycles. The van der Waals surface area contributed by atoms with Crippen molar-refractivity contribution in [2.24, 2.45) is 0 Å². The molecule has 0 spiro atoms. The van der Waals surface area contributed by atoms with Gasteiger partial charge >= 0.3 is 5.97 Å². The number of benzene rings is 1. The minimum Gasteiger partial charge on any atom is -0.490 e. The van der Waals surface area contributed by atoms with Gasteiger partial charge in [-0.2, -0.15) is 0 Å². The van der Waals surface area contributed by atoms with Crippen LogP contribution in [0.3, 0.4) is 0 Å². The fraction of sp³-hybridized carbons (Fsp3) is 0.316. The van der Waals surface area contributed by atoms with Gasteiger partial charge in [0, 0.05) is 0 Å². The van der Waals surface area contributed by atoms with Crippen LogP contribution in [0, 0.1) is 3.57 Å². The van der Waals surface area contributed by atoms with Gasteiger partial charge in [-0.3, -0.25) is 19.3 Å². The zero-order valence-corrected chi connectivity index (χ0v) is 18.5. The summed E-state index contributed by atoms with van der Waals surface area (Å²) in [5, 5.41) is -0.505. The molecule has 150 valence electrons. The third-order valence-corrected chi connectivity index (χ3v) is 5.15. The summed E-state index contributed by atoms with van der Waals surface area (Å²) in [4.78, 5) is 37.3. The number of imide groups is 1. The Labute approximate surface area is 181 Å². The Hall–Kier alpha value is -2.01. The van der Waals surface area contributed by atoms with Crippen molar-refractivity contribution in [2.75, 3.05) is 26.4 Å². The Morgan fingerprint density at radius 2 is 2.00 bits per heavy atom. The molecule has 1 aromatic rings. The van der Waals surface area contributed by atoms with Crippen molar-refractivity contribution in [1.29, 1.82) is 0 Å². The van der Waals surface area contributed by atoms with Crippen LogP contribution in [0.4, 0.5) is 4.79 Å². The maximum absolute atomic E-state index is 12.5. The summed E-state index contributed by atoms with van der Waals surface area (Å²) in [6.45, 7) is 7.72. The molecule has 9 heteroatoms. The fourth-order valence-corrected chi connectivity index (χ4v) is 3.96. The van der Waals surface area contributed by atoms with Crippen LogP contribution in [0.1, 0.15) is 19.4 Å². The maximum Gasteiger partial charge on any atom is 0.326 e. The van der Waals surface area contributed by atoms with Gasteiger partial charge in [0.2, 0.25) is 0 Å². The van der Waals surface area contributed by atoms with E-state index in [1.54, 1.807) is 25.1 Å². The number of halogens is 1. The molecule has 1 aliphatic rings. The van der Waals surface area contributed by atoms with Crippen molar-refractivity contribution in [3.63, 3.8) is 0 Å². The highest BCUT2D eigenvalue weighted by Gasteiger charge is 2.36. The molecular weight excluding hydrogens is 497 g/mol. The van der Waals surface area contributed by atoms with Gasteiger partial charge in [-0.1, -0.05) is 12.7 Å². The number of amides is 2. The number of rotatable bonds is 9. The van der Waals surface area contributed by atoms with Crippen LogP contribution in [0.15, 0.2) is 29.7 Å². The van der Waals surface area contributed by atoms with E-state index in [1.165, 1.54) is 0 Å². The van der Waals surface area contributed by atoms with Crippen molar-refractivity contribution >= 4 is 57.5 Å². The van der Waals surface area contributed by atoms with Gasteiger partial charge < -0.3 is 14.2 Å². The lowest BCUT2D eigenvalue weighted by molar-refractivity contribution is -0.145. The molecule has 0 N–H and O–H groups in total. The topological polar surface area (TPSA) is 82.1 Å². The van der Waals surface area contributed by atoms with Crippen LogP contribution in [0.5, 0.6) is 11.5 Å². The first kappa shape index (κ1) is 22.3. The lowest BCUT2D eigenvalue weighted by Gasteiger charge is -2.14. The molecule has 0 aliphatic carbocycles. The Balaban J connectivity index is 2.29. The number of carbonyl (C=O) groups excluding carboxylic acids is 3. The number of nitrogens with zero attached hydrogens (tertiary/aromatic N) is 1. The van der Waals surface area contributed by atoms with Crippen molar-refractivity contribution in [1.82, 2.24) is 4.90 Å². The van der Waals surface area contributed by atoms with E-state index in [4.69, 9.17) is 14.2 Å². The third kappa shape index (κ3) is 5.51. The largest absolute Gasteiger partial charge is 0.490 e. The second kappa shape index (κ2) is 10.5. The Kier molecular flexibility index (Phi) is 8.36. The first-order valence-electron chi connectivity index (χ1n) is 8.52. The smallest absolute Gasteiger partial charge is 0.326 e. The Bertz CT molecular complexity index is 823. The number of carbonyl (C=O) groups is 3. The Morgan fingerprint density at radius 3 is 2.64 bits per heavy atom. The van der Waals surface area contributed by atoms with E-state index in [-0.39, 0.29) is 11.5 Å². The average Bonchev–Trinajstić information content (AvgIpc) is 2.89. The number of thioether (sulfide) groups is 1. The number of hydrogen-bond acceptors (Lipinski definition) is 7. The highest BCUT2D eigenvalue weighted by Crippen LogP contribution is 2.37. The molecule has 28 heavy (non-hydrogen) atoms. The normalized spacial score (nSPS) is 15.1. The van der Waals surface area contributed by atoms with Gasteiger partial charge in [0.15, 0.2) is 11.5 Å². The quantitative estimate of drug-likeness (QED) is 0.213. The van der Waals surface area contributed by atoms with Crippen molar-refractivity contribution in [3.05, 3.63) is 38.8 Å². The van der Waals surface area contributed by atoms with Crippen LogP contribution >= 0.6 is 34.4 Å². The van der Waals surface area contributed by atoms with Crippen molar-refractivity contribution in [3.8, 4) is 11.5 Å². The first-order chi connectivity index (χ1) is 13.4. The third-order valence-electron chi connectivity index (χ3n) is 3.44. The lowest BCUT2D eigenvalue weighted by atomic mass is 10.2. The van der Waals surface area contributed by atoms with E-state index in [2.05, 4.69) is 29.2 Å². The van der Waals surface area contributed by atoms with Crippen molar-refractivity contribution in [2.45, 2.75) is 13.8 Å². The summed E-state index contributed by atoms with van der Waals surface area (Å²) < 4.78 is 16.9. The minimum absolute atomic E-state index is 0.184. The van der Waals surface area contributed by atoms with E-state index >= 15 is 0 Å². The van der Waals surface area contributed by atoms with Crippen LogP contribution in [0.2, 0.25) is 0 Å². The summed E-state index contributed by atoms with van der Waals surface area (Å²) in [7, 11) is 0. The van der Waals surface area contributed by atoms with Crippen LogP contribution in [-0.4, -0.2) is 48.4 Å². The van der Waals surface area contributed by atoms with E-state index in [9.17, 15) is 14.4 Å². The predicted octanol–water partition coefficient (Wildman–Crippen LogP) is 3.85. The predicted molar refractivity (Wildman–Crippen MR) is 115 cm³/mol. The molecule has 1 aromatic carbocycles. The molecule has 0 saturated carbocycles. The number of ether oxygens (including phenoxy) is 3.